The average Bonchev–Trinajstić information content (AvgIpc) is 3.07. The van der Waals surface area contributed by atoms with Crippen LogP contribution in [0, 0.1) is 0 Å². The van der Waals surface area contributed by atoms with Crippen LogP contribution in [0.4, 0.5) is 0 Å². The van der Waals surface area contributed by atoms with Crippen molar-refractivity contribution in [1.29, 1.82) is 0 Å². The highest BCUT2D eigenvalue weighted by atomic mass is 16.7. The molecule has 1 aromatic heterocycles. The van der Waals surface area contributed by atoms with Crippen LogP contribution in [-0.4, -0.2) is 120 Å². The number of aliphatic hydroxyl groups excluding tert-OH is 5. The second-order valence-electron chi connectivity index (χ2n) is 11.4. The number of aliphatic hydroxyl groups is 5. The Labute approximate surface area is 273 Å². The lowest BCUT2D eigenvalue weighted by Gasteiger charge is -2.46. The normalized spacial score (nSPS) is 30.5. The zero-order valence-electron chi connectivity index (χ0n) is 26.6. The molecule has 0 saturated carbocycles. The molecule has 3 heterocycles. The van der Waals surface area contributed by atoms with Crippen LogP contribution in [0.5, 0.6) is 23.0 Å². The second kappa shape index (κ2) is 14.2. The maximum Gasteiger partial charge on any atom is 0.302 e. The van der Waals surface area contributed by atoms with Gasteiger partial charge in [-0.1, -0.05) is 0 Å². The maximum absolute atomic E-state index is 13.6. The molecular weight excluding hydrogens is 640 g/mol. The van der Waals surface area contributed by atoms with Crippen molar-refractivity contribution in [2.24, 2.45) is 0 Å². The van der Waals surface area contributed by atoms with Gasteiger partial charge in [0.2, 0.25) is 0 Å². The molecule has 0 spiro atoms. The number of methoxy groups -OCH3 is 3. The molecule has 2 saturated heterocycles. The number of rotatable bonds is 9. The summed E-state index contributed by atoms with van der Waals surface area (Å²) in [6, 6.07) is 7.32. The number of fused-ring (bicyclic) bond motifs is 1. The van der Waals surface area contributed by atoms with Crippen molar-refractivity contribution in [3.8, 4) is 34.3 Å². The first-order valence-corrected chi connectivity index (χ1v) is 14.9. The number of carbonyl (C=O) groups is 1. The number of carbonyl (C=O) groups excluding carboxylic acids is 1. The lowest BCUT2D eigenvalue weighted by Crippen LogP contribution is -2.62. The van der Waals surface area contributed by atoms with Gasteiger partial charge in [0.1, 0.15) is 83.7 Å². The summed E-state index contributed by atoms with van der Waals surface area (Å²) in [5.41, 5.74) is -0.535. The van der Waals surface area contributed by atoms with E-state index < -0.39 is 85.0 Å². The van der Waals surface area contributed by atoms with E-state index in [-0.39, 0.29) is 28.0 Å². The van der Waals surface area contributed by atoms with Gasteiger partial charge in [-0.2, -0.15) is 0 Å². The minimum absolute atomic E-state index is 0.0901. The van der Waals surface area contributed by atoms with Gasteiger partial charge in [0.15, 0.2) is 23.2 Å². The van der Waals surface area contributed by atoms with Gasteiger partial charge in [0.25, 0.3) is 0 Å². The van der Waals surface area contributed by atoms with Crippen LogP contribution in [0.3, 0.4) is 0 Å². The van der Waals surface area contributed by atoms with Gasteiger partial charge in [-0.25, -0.2) is 0 Å². The molecule has 6 N–H and O–H groups in total. The van der Waals surface area contributed by atoms with Gasteiger partial charge in [0, 0.05) is 24.6 Å². The summed E-state index contributed by atoms with van der Waals surface area (Å²) in [5.74, 6) is -0.542. The van der Waals surface area contributed by atoms with E-state index >= 15 is 0 Å². The van der Waals surface area contributed by atoms with E-state index in [1.165, 1.54) is 34.3 Å². The molecule has 2 aromatic carbocycles. The Hall–Kier alpha value is -4.00. The predicted molar refractivity (Wildman–Crippen MR) is 163 cm³/mol. The van der Waals surface area contributed by atoms with Crippen molar-refractivity contribution in [3.05, 3.63) is 46.1 Å². The number of benzene rings is 2. The summed E-state index contributed by atoms with van der Waals surface area (Å²) in [7, 11) is 4.18. The molecule has 0 aliphatic carbocycles. The minimum atomic E-state index is -1.84. The Kier molecular flexibility index (Phi) is 10.5. The predicted octanol–water partition coefficient (Wildman–Crippen LogP) is 0.129. The zero-order valence-corrected chi connectivity index (χ0v) is 26.6. The van der Waals surface area contributed by atoms with Gasteiger partial charge < -0.3 is 68.2 Å². The number of phenolic OH excluding ortho intramolecular Hbond substituents is 1. The standard InChI is InChI=1S/C32H38O16/c1-12-24(35)27(38)29(40)32(45-12)48-31-28(39)25(36)21(11-44-13(2)33)47-30(31)23-19(43-5)10-20-22(26(23)37)15(34)9-17(46-20)14-6-7-16(41-3)18(8-14)42-4/h6-10,12,21,24-25,27-32,35-40H,11H2,1-5H3/t12-,21+,24+,25+,27+,28+,29-,30+,31-,32+/m1/s1. The SMILES string of the molecule is COc1ccc(-c2cc(=O)c3c(O)c([C@@H]4O[C@@H](COC(C)=O)[C@H](O)[C@H](O)[C@H]4O[C@@H]4O[C@H](C)[C@H](O)[C@H](O)[C@H]4O)c(OC)cc3o2)cc1OC. The number of ether oxygens (including phenoxy) is 7. The van der Waals surface area contributed by atoms with Crippen molar-refractivity contribution in [1.82, 2.24) is 0 Å². The van der Waals surface area contributed by atoms with E-state index in [0.29, 0.717) is 17.1 Å². The van der Waals surface area contributed by atoms with Crippen LogP contribution < -0.4 is 19.6 Å². The Morgan fingerprint density at radius 2 is 1.52 bits per heavy atom. The number of hydrogen-bond acceptors (Lipinski definition) is 16. The van der Waals surface area contributed by atoms with E-state index in [0.717, 1.165) is 13.0 Å². The first-order valence-electron chi connectivity index (χ1n) is 14.9. The molecule has 16 nitrogen and oxygen atoms in total. The summed E-state index contributed by atoms with van der Waals surface area (Å²) in [6.45, 7) is 2.03. The molecule has 5 rings (SSSR count). The molecule has 0 amide bonds. The molecule has 2 aliphatic heterocycles. The second-order valence-corrected chi connectivity index (χ2v) is 11.4. The monoisotopic (exact) mass is 678 g/mol. The molecule has 262 valence electrons. The largest absolute Gasteiger partial charge is 0.506 e. The molecular formula is C32H38O16. The molecule has 0 bridgehead atoms. The Morgan fingerprint density at radius 1 is 0.833 bits per heavy atom. The number of hydrogen-bond donors (Lipinski definition) is 6. The number of aromatic hydroxyl groups is 1. The highest BCUT2D eigenvalue weighted by Gasteiger charge is 2.52. The summed E-state index contributed by atoms with van der Waals surface area (Å²) in [5, 5.41) is 64.7. The van der Waals surface area contributed by atoms with Crippen LogP contribution >= 0.6 is 0 Å². The lowest BCUT2D eigenvalue weighted by molar-refractivity contribution is -0.338. The summed E-state index contributed by atoms with van der Waals surface area (Å²) < 4.78 is 44.7. The maximum atomic E-state index is 13.6. The third-order valence-corrected chi connectivity index (χ3v) is 8.40. The van der Waals surface area contributed by atoms with Gasteiger partial charge in [-0.15, -0.1) is 0 Å². The fraction of sp³-hybridized carbons (Fsp3) is 0.500. The minimum Gasteiger partial charge on any atom is -0.506 e. The summed E-state index contributed by atoms with van der Waals surface area (Å²) in [4.78, 5) is 25.1. The van der Waals surface area contributed by atoms with Gasteiger partial charge >= 0.3 is 5.97 Å². The fourth-order valence-corrected chi connectivity index (χ4v) is 5.81. The fourth-order valence-electron chi connectivity index (χ4n) is 5.81. The van der Waals surface area contributed by atoms with E-state index in [2.05, 4.69) is 0 Å². The van der Waals surface area contributed by atoms with Crippen molar-refractivity contribution < 1.29 is 73.0 Å². The topological polar surface area (TPSA) is 233 Å². The van der Waals surface area contributed by atoms with Crippen molar-refractivity contribution >= 4 is 16.9 Å². The molecule has 3 aromatic rings. The van der Waals surface area contributed by atoms with Crippen LogP contribution in [0.1, 0.15) is 25.5 Å². The van der Waals surface area contributed by atoms with Crippen LogP contribution in [0.15, 0.2) is 39.5 Å². The van der Waals surface area contributed by atoms with Gasteiger partial charge in [-0.3, -0.25) is 9.59 Å². The Morgan fingerprint density at radius 3 is 2.17 bits per heavy atom. The summed E-state index contributed by atoms with van der Waals surface area (Å²) >= 11 is 0. The third-order valence-electron chi connectivity index (χ3n) is 8.40. The van der Waals surface area contributed by atoms with E-state index in [9.17, 15) is 40.2 Å². The highest BCUT2D eigenvalue weighted by Crippen LogP contribution is 2.47. The highest BCUT2D eigenvalue weighted by molar-refractivity contribution is 5.88. The first kappa shape index (κ1) is 35.3. The first-order chi connectivity index (χ1) is 22.8. The van der Waals surface area contributed by atoms with Gasteiger partial charge in [0.05, 0.1) is 33.0 Å². The molecule has 2 aliphatic rings. The van der Waals surface area contributed by atoms with Crippen LogP contribution in [-0.2, 0) is 23.7 Å². The molecule has 2 fully saturated rings. The van der Waals surface area contributed by atoms with Crippen LogP contribution in [0.2, 0.25) is 0 Å². The Bertz CT molecular complexity index is 1690. The Balaban J connectivity index is 1.62. The molecule has 0 radical (unpaired) electrons. The van der Waals surface area contributed by atoms with E-state index in [1.54, 1.807) is 18.2 Å². The molecule has 16 heteroatoms. The van der Waals surface area contributed by atoms with Crippen molar-refractivity contribution in [2.75, 3.05) is 27.9 Å². The molecule has 0 unspecified atom stereocenters. The smallest absolute Gasteiger partial charge is 0.302 e. The molecule has 10 atom stereocenters. The van der Waals surface area contributed by atoms with Crippen molar-refractivity contribution in [3.63, 3.8) is 0 Å². The number of esters is 1. The average molecular weight is 679 g/mol. The third kappa shape index (κ3) is 6.53. The quantitative estimate of drug-likeness (QED) is 0.165. The number of phenols is 1. The molecule has 48 heavy (non-hydrogen) atoms. The summed E-state index contributed by atoms with van der Waals surface area (Å²) in [6.07, 6.45) is -15.9. The van der Waals surface area contributed by atoms with E-state index in [1.807, 2.05) is 0 Å². The van der Waals surface area contributed by atoms with E-state index in [4.69, 9.17) is 37.6 Å². The lowest BCUT2D eigenvalue weighted by atomic mass is 9.89. The van der Waals surface area contributed by atoms with Crippen molar-refractivity contribution in [2.45, 2.75) is 75.1 Å². The van der Waals surface area contributed by atoms with Gasteiger partial charge in [-0.05, 0) is 25.1 Å². The zero-order chi connectivity index (χ0) is 35.0. The van der Waals surface area contributed by atoms with Crippen LogP contribution in [0.25, 0.3) is 22.3 Å².